The Hall–Kier alpha value is -2.67. The van der Waals surface area contributed by atoms with Crippen molar-refractivity contribution in [1.29, 1.82) is 0 Å². The summed E-state index contributed by atoms with van der Waals surface area (Å²) in [4.78, 5) is 26.1. The van der Waals surface area contributed by atoms with Crippen LogP contribution >= 0.6 is 0 Å². The molecule has 1 aliphatic rings. The Balaban J connectivity index is 1.51. The summed E-state index contributed by atoms with van der Waals surface area (Å²) in [5.41, 5.74) is 1.21. The van der Waals surface area contributed by atoms with Crippen LogP contribution in [0.1, 0.15) is 18.4 Å². The number of carbonyl (C=O) groups is 2. The summed E-state index contributed by atoms with van der Waals surface area (Å²) in [5.74, 6) is -0.754. The number of piperidine rings is 1. The second-order valence-electron chi connectivity index (χ2n) is 6.29. The highest BCUT2D eigenvalue weighted by atomic mass is 16.2. The predicted octanol–water partition coefficient (Wildman–Crippen LogP) is 1.14. The number of nitrogens with zero attached hydrogens (tertiary/aromatic N) is 3. The van der Waals surface area contributed by atoms with Gasteiger partial charge < -0.3 is 15.5 Å². The number of hydrogen-bond acceptors (Lipinski definition) is 4. The number of hydrogen-bond donors (Lipinski definition) is 2. The van der Waals surface area contributed by atoms with E-state index in [1.807, 2.05) is 18.2 Å². The fourth-order valence-electron chi connectivity index (χ4n) is 2.98. The van der Waals surface area contributed by atoms with Crippen LogP contribution in [0.3, 0.4) is 0 Å². The molecule has 2 aromatic rings. The predicted molar refractivity (Wildman–Crippen MR) is 94.7 cm³/mol. The highest BCUT2D eigenvalue weighted by Crippen LogP contribution is 2.12. The van der Waals surface area contributed by atoms with E-state index in [0.717, 1.165) is 19.4 Å². The number of amides is 2. The number of likely N-dealkylation sites (tertiary alicyclic amines) is 1. The Kier molecular flexibility index (Phi) is 5.45. The van der Waals surface area contributed by atoms with Gasteiger partial charge in [0.25, 0.3) is 0 Å². The van der Waals surface area contributed by atoms with Crippen molar-refractivity contribution in [3.63, 3.8) is 0 Å². The molecule has 0 aliphatic carbocycles. The first-order chi connectivity index (χ1) is 12.1. The topological polar surface area (TPSA) is 79.3 Å². The third-order valence-corrected chi connectivity index (χ3v) is 4.30. The minimum Gasteiger partial charge on any atom is -0.333 e. The summed E-state index contributed by atoms with van der Waals surface area (Å²) < 4.78 is 1.57. The molecule has 1 aliphatic heterocycles. The summed E-state index contributed by atoms with van der Waals surface area (Å²) >= 11 is 0. The molecular weight excluding hydrogens is 318 g/mol. The number of benzene rings is 1. The first-order valence-electron chi connectivity index (χ1n) is 8.49. The van der Waals surface area contributed by atoms with Gasteiger partial charge in [-0.15, -0.1) is 0 Å². The van der Waals surface area contributed by atoms with Crippen LogP contribution in [-0.2, 0) is 23.2 Å². The number of anilines is 1. The van der Waals surface area contributed by atoms with Gasteiger partial charge in [0.1, 0.15) is 0 Å². The number of nitrogens with one attached hydrogen (secondary N) is 2. The molecule has 132 valence electrons. The van der Waals surface area contributed by atoms with Gasteiger partial charge in [0.2, 0.25) is 0 Å². The van der Waals surface area contributed by atoms with Gasteiger partial charge in [0.05, 0.1) is 0 Å². The molecule has 1 aromatic heterocycles. The highest BCUT2D eigenvalue weighted by molar-refractivity contribution is 6.39. The zero-order chi connectivity index (χ0) is 17.6. The second kappa shape index (κ2) is 7.94. The lowest BCUT2D eigenvalue weighted by Gasteiger charge is -2.32. The Morgan fingerprint density at radius 3 is 2.76 bits per heavy atom. The van der Waals surface area contributed by atoms with Crippen LogP contribution < -0.4 is 10.6 Å². The van der Waals surface area contributed by atoms with Gasteiger partial charge in [0, 0.05) is 45.0 Å². The quantitative estimate of drug-likeness (QED) is 0.818. The van der Waals surface area contributed by atoms with Gasteiger partial charge in [-0.1, -0.05) is 30.3 Å². The van der Waals surface area contributed by atoms with Crippen LogP contribution in [0.4, 0.5) is 5.82 Å². The SMILES string of the molecule is Cn1ccc(NC(=O)C(=O)N2CCC[C@H](NCc3ccccc3)C2)n1. The minimum absolute atomic E-state index is 0.195. The van der Waals surface area contributed by atoms with Gasteiger partial charge in [-0.2, -0.15) is 5.10 Å². The van der Waals surface area contributed by atoms with Gasteiger partial charge in [-0.25, -0.2) is 0 Å². The van der Waals surface area contributed by atoms with Crippen molar-refractivity contribution >= 4 is 17.6 Å². The van der Waals surface area contributed by atoms with Gasteiger partial charge >= 0.3 is 11.8 Å². The smallest absolute Gasteiger partial charge is 0.315 e. The van der Waals surface area contributed by atoms with Gasteiger partial charge in [-0.05, 0) is 18.4 Å². The van der Waals surface area contributed by atoms with E-state index in [1.165, 1.54) is 5.56 Å². The minimum atomic E-state index is -0.637. The Bertz CT molecular complexity index is 728. The molecule has 0 bridgehead atoms. The summed E-state index contributed by atoms with van der Waals surface area (Å²) in [5, 5.41) is 10.1. The summed E-state index contributed by atoms with van der Waals surface area (Å²) in [6, 6.07) is 12.0. The zero-order valence-electron chi connectivity index (χ0n) is 14.3. The first-order valence-corrected chi connectivity index (χ1v) is 8.49. The third kappa shape index (κ3) is 4.67. The molecule has 0 saturated carbocycles. The fourth-order valence-corrected chi connectivity index (χ4v) is 2.98. The van der Waals surface area contributed by atoms with Gasteiger partial charge in [-0.3, -0.25) is 14.3 Å². The van der Waals surface area contributed by atoms with Crippen molar-refractivity contribution < 1.29 is 9.59 Å². The number of aryl methyl sites for hydroxylation is 1. The molecule has 1 aromatic carbocycles. The van der Waals surface area contributed by atoms with Crippen molar-refractivity contribution in [1.82, 2.24) is 20.0 Å². The first kappa shape index (κ1) is 17.2. The molecule has 0 unspecified atom stereocenters. The molecule has 2 heterocycles. The highest BCUT2D eigenvalue weighted by Gasteiger charge is 2.28. The largest absolute Gasteiger partial charge is 0.333 e. The summed E-state index contributed by atoms with van der Waals surface area (Å²) in [6.45, 7) is 1.91. The molecule has 25 heavy (non-hydrogen) atoms. The van der Waals surface area contributed by atoms with E-state index in [0.29, 0.717) is 18.9 Å². The molecule has 2 N–H and O–H groups in total. The van der Waals surface area contributed by atoms with E-state index in [1.54, 1.807) is 28.9 Å². The van der Waals surface area contributed by atoms with E-state index in [-0.39, 0.29) is 6.04 Å². The molecule has 7 heteroatoms. The van der Waals surface area contributed by atoms with E-state index in [2.05, 4.69) is 27.9 Å². The average molecular weight is 341 g/mol. The summed E-state index contributed by atoms with van der Waals surface area (Å²) in [6.07, 6.45) is 3.60. The van der Waals surface area contributed by atoms with Crippen LogP contribution in [0.15, 0.2) is 42.6 Å². The third-order valence-electron chi connectivity index (χ3n) is 4.30. The van der Waals surface area contributed by atoms with Crippen LogP contribution in [-0.4, -0.2) is 45.6 Å². The molecule has 1 atom stereocenters. The Morgan fingerprint density at radius 1 is 1.24 bits per heavy atom. The maximum absolute atomic E-state index is 12.4. The van der Waals surface area contributed by atoms with Gasteiger partial charge in [0.15, 0.2) is 5.82 Å². The Labute approximate surface area is 147 Å². The van der Waals surface area contributed by atoms with E-state index >= 15 is 0 Å². The lowest BCUT2D eigenvalue weighted by atomic mass is 10.0. The molecule has 2 amide bonds. The summed E-state index contributed by atoms with van der Waals surface area (Å²) in [7, 11) is 1.76. The van der Waals surface area contributed by atoms with Crippen LogP contribution in [0.2, 0.25) is 0 Å². The van der Waals surface area contributed by atoms with E-state index < -0.39 is 11.8 Å². The lowest BCUT2D eigenvalue weighted by Crippen LogP contribution is -2.50. The van der Waals surface area contributed by atoms with Crippen molar-refractivity contribution in [2.45, 2.75) is 25.4 Å². The molecule has 3 rings (SSSR count). The van der Waals surface area contributed by atoms with Crippen molar-refractivity contribution in [3.8, 4) is 0 Å². The maximum Gasteiger partial charge on any atom is 0.315 e. The van der Waals surface area contributed by atoms with Crippen molar-refractivity contribution in [2.24, 2.45) is 7.05 Å². The maximum atomic E-state index is 12.4. The number of rotatable bonds is 4. The van der Waals surface area contributed by atoms with Crippen LogP contribution in [0, 0.1) is 0 Å². The standard InChI is InChI=1S/C18H23N5O2/c1-22-11-9-16(21-22)20-17(24)18(25)23-10-5-8-15(13-23)19-12-14-6-3-2-4-7-14/h2-4,6-7,9,11,15,19H,5,8,10,12-13H2,1H3,(H,20,21,24)/t15-/m0/s1. The zero-order valence-corrected chi connectivity index (χ0v) is 14.3. The second-order valence-corrected chi connectivity index (χ2v) is 6.29. The molecule has 0 radical (unpaired) electrons. The normalized spacial score (nSPS) is 17.3. The van der Waals surface area contributed by atoms with E-state index in [4.69, 9.17) is 0 Å². The molecule has 7 nitrogen and oxygen atoms in total. The van der Waals surface area contributed by atoms with Crippen LogP contribution in [0.5, 0.6) is 0 Å². The number of carbonyl (C=O) groups excluding carboxylic acids is 2. The molecule has 1 saturated heterocycles. The lowest BCUT2D eigenvalue weighted by molar-refractivity contribution is -0.144. The fraction of sp³-hybridized carbons (Fsp3) is 0.389. The van der Waals surface area contributed by atoms with E-state index in [9.17, 15) is 9.59 Å². The average Bonchev–Trinajstić information content (AvgIpc) is 3.05. The van der Waals surface area contributed by atoms with Crippen molar-refractivity contribution in [3.05, 3.63) is 48.2 Å². The molecule has 1 fully saturated rings. The Morgan fingerprint density at radius 2 is 2.04 bits per heavy atom. The van der Waals surface area contributed by atoms with Crippen molar-refractivity contribution in [2.75, 3.05) is 18.4 Å². The van der Waals surface area contributed by atoms with Crippen LogP contribution in [0.25, 0.3) is 0 Å². The molecular formula is C18H23N5O2. The molecule has 0 spiro atoms. The monoisotopic (exact) mass is 341 g/mol. The number of aromatic nitrogens is 2.